The molecular formula is C15H16N4O2. The first-order valence-electron chi connectivity index (χ1n) is 6.40. The molecule has 0 spiro atoms. The average Bonchev–Trinajstić information content (AvgIpc) is 2.48. The summed E-state index contributed by atoms with van der Waals surface area (Å²) in [5, 5.41) is 0. The number of para-hydroxylation sites is 1. The summed E-state index contributed by atoms with van der Waals surface area (Å²) in [6, 6.07) is 12.2. The Morgan fingerprint density at radius 3 is 2.43 bits per heavy atom. The van der Waals surface area contributed by atoms with Gasteiger partial charge >= 0.3 is 0 Å². The number of hydrogen-bond donors (Lipinski definition) is 2. The largest absolute Gasteiger partial charge is 0.398 e. The fourth-order valence-corrected chi connectivity index (χ4v) is 1.92. The van der Waals surface area contributed by atoms with Crippen LogP contribution in [0.15, 0.2) is 48.7 Å². The highest BCUT2D eigenvalue weighted by Crippen LogP contribution is 2.14. The first-order chi connectivity index (χ1) is 10.1. The summed E-state index contributed by atoms with van der Waals surface area (Å²) in [7, 11) is 0. The third-order valence-corrected chi connectivity index (χ3v) is 2.93. The average molecular weight is 284 g/mol. The Morgan fingerprint density at radius 1 is 1.10 bits per heavy atom. The molecule has 6 heteroatoms. The van der Waals surface area contributed by atoms with Crippen molar-refractivity contribution in [1.29, 1.82) is 0 Å². The van der Waals surface area contributed by atoms with Crippen molar-refractivity contribution in [3.63, 3.8) is 0 Å². The number of hydrogen-bond acceptors (Lipinski definition) is 4. The van der Waals surface area contributed by atoms with E-state index in [1.54, 1.807) is 36.4 Å². The first kappa shape index (κ1) is 14.5. The topological polar surface area (TPSA) is 102 Å². The lowest BCUT2D eigenvalue weighted by molar-refractivity contribution is -0.118. The van der Waals surface area contributed by atoms with E-state index in [9.17, 15) is 9.59 Å². The van der Waals surface area contributed by atoms with Gasteiger partial charge in [-0.05, 0) is 23.8 Å². The summed E-state index contributed by atoms with van der Waals surface area (Å²) in [5.74, 6) is -0.952. The Morgan fingerprint density at radius 2 is 1.81 bits per heavy atom. The predicted molar refractivity (Wildman–Crippen MR) is 79.0 cm³/mol. The van der Waals surface area contributed by atoms with Crippen LogP contribution in [-0.4, -0.2) is 28.2 Å². The molecule has 2 aromatic rings. The molecule has 2 amide bonds. The molecule has 6 nitrogen and oxygen atoms in total. The number of carbonyl (C=O) groups excluding carboxylic acids is 2. The van der Waals surface area contributed by atoms with E-state index in [4.69, 9.17) is 11.5 Å². The lowest BCUT2D eigenvalue weighted by atomic mass is 10.1. The third-order valence-electron chi connectivity index (χ3n) is 2.93. The number of nitrogen functional groups attached to an aromatic ring is 1. The van der Waals surface area contributed by atoms with Crippen LogP contribution in [0.4, 0.5) is 5.69 Å². The van der Waals surface area contributed by atoms with Crippen molar-refractivity contribution in [2.24, 2.45) is 5.73 Å². The monoisotopic (exact) mass is 284 g/mol. The van der Waals surface area contributed by atoms with Gasteiger partial charge in [-0.2, -0.15) is 0 Å². The molecule has 1 aromatic heterocycles. The quantitative estimate of drug-likeness (QED) is 0.792. The van der Waals surface area contributed by atoms with Crippen LogP contribution in [0, 0.1) is 0 Å². The number of benzene rings is 1. The normalized spacial score (nSPS) is 10.1. The first-order valence-corrected chi connectivity index (χ1v) is 6.40. The second kappa shape index (κ2) is 6.51. The van der Waals surface area contributed by atoms with E-state index in [-0.39, 0.29) is 24.7 Å². The molecule has 108 valence electrons. The summed E-state index contributed by atoms with van der Waals surface area (Å²) < 4.78 is 0. The number of amides is 2. The molecule has 0 saturated heterocycles. The molecule has 1 aromatic carbocycles. The van der Waals surface area contributed by atoms with Crippen LogP contribution in [0.3, 0.4) is 0 Å². The summed E-state index contributed by atoms with van der Waals surface area (Å²) in [4.78, 5) is 28.9. The number of primary amides is 1. The Bertz CT molecular complexity index is 643. The number of rotatable bonds is 5. The zero-order chi connectivity index (χ0) is 15.2. The number of nitrogens with zero attached hydrogens (tertiary/aromatic N) is 2. The molecule has 0 aliphatic heterocycles. The van der Waals surface area contributed by atoms with E-state index < -0.39 is 5.91 Å². The maximum absolute atomic E-state index is 12.4. The van der Waals surface area contributed by atoms with Gasteiger partial charge in [0.1, 0.15) is 12.2 Å². The van der Waals surface area contributed by atoms with Gasteiger partial charge in [0, 0.05) is 18.4 Å². The molecule has 0 aliphatic carbocycles. The number of pyridine rings is 1. The van der Waals surface area contributed by atoms with E-state index in [0.29, 0.717) is 5.69 Å². The molecule has 0 atom stereocenters. The molecule has 0 saturated carbocycles. The van der Waals surface area contributed by atoms with Crippen LogP contribution in [0.25, 0.3) is 0 Å². The van der Waals surface area contributed by atoms with Crippen LogP contribution in [-0.2, 0) is 11.3 Å². The lowest BCUT2D eigenvalue weighted by Gasteiger charge is -2.21. The van der Waals surface area contributed by atoms with Crippen molar-refractivity contribution in [2.45, 2.75) is 6.54 Å². The second-order valence-electron chi connectivity index (χ2n) is 4.54. The maximum Gasteiger partial charge on any atom is 0.273 e. The minimum atomic E-state index is -0.589. The Balaban J connectivity index is 2.25. The highest BCUT2D eigenvalue weighted by molar-refractivity contribution is 5.94. The van der Waals surface area contributed by atoms with E-state index in [1.807, 2.05) is 6.07 Å². The lowest BCUT2D eigenvalue weighted by Crippen LogP contribution is -2.38. The van der Waals surface area contributed by atoms with Crippen LogP contribution < -0.4 is 11.5 Å². The molecule has 0 radical (unpaired) electrons. The Kier molecular flexibility index (Phi) is 4.50. The molecule has 21 heavy (non-hydrogen) atoms. The van der Waals surface area contributed by atoms with Crippen LogP contribution in [0.1, 0.15) is 16.1 Å². The zero-order valence-corrected chi connectivity index (χ0v) is 11.4. The molecule has 2 rings (SSSR count). The van der Waals surface area contributed by atoms with Gasteiger partial charge in [-0.1, -0.05) is 24.3 Å². The summed E-state index contributed by atoms with van der Waals surface area (Å²) >= 11 is 0. The Hall–Kier alpha value is -2.89. The van der Waals surface area contributed by atoms with E-state index >= 15 is 0 Å². The summed E-state index contributed by atoms with van der Waals surface area (Å²) in [6.45, 7) is 0.00869. The fraction of sp³-hybridized carbons (Fsp3) is 0.133. The van der Waals surface area contributed by atoms with Gasteiger partial charge in [-0.3, -0.25) is 14.6 Å². The van der Waals surface area contributed by atoms with Crippen LogP contribution >= 0.6 is 0 Å². The number of anilines is 1. The van der Waals surface area contributed by atoms with Crippen molar-refractivity contribution in [2.75, 3.05) is 12.3 Å². The fourth-order valence-electron chi connectivity index (χ4n) is 1.92. The SMILES string of the molecule is NC(=O)CN(Cc1ccccc1N)C(=O)c1ccccn1. The van der Waals surface area contributed by atoms with Crippen molar-refractivity contribution >= 4 is 17.5 Å². The van der Waals surface area contributed by atoms with Gasteiger partial charge in [0.25, 0.3) is 5.91 Å². The highest BCUT2D eigenvalue weighted by Gasteiger charge is 2.19. The van der Waals surface area contributed by atoms with Crippen LogP contribution in [0.2, 0.25) is 0 Å². The zero-order valence-electron chi connectivity index (χ0n) is 11.4. The minimum Gasteiger partial charge on any atom is -0.398 e. The number of nitrogens with two attached hydrogens (primary N) is 2. The highest BCUT2D eigenvalue weighted by atomic mass is 16.2. The van der Waals surface area contributed by atoms with Crippen LogP contribution in [0.5, 0.6) is 0 Å². The van der Waals surface area contributed by atoms with Crippen molar-refractivity contribution in [1.82, 2.24) is 9.88 Å². The minimum absolute atomic E-state index is 0.191. The number of aromatic nitrogens is 1. The molecule has 0 bridgehead atoms. The predicted octanol–water partition coefficient (Wildman–Crippen LogP) is 0.791. The second-order valence-corrected chi connectivity index (χ2v) is 4.54. The maximum atomic E-state index is 12.4. The molecular weight excluding hydrogens is 268 g/mol. The van der Waals surface area contributed by atoms with Crippen molar-refractivity contribution < 1.29 is 9.59 Å². The van der Waals surface area contributed by atoms with E-state index in [2.05, 4.69) is 4.98 Å². The van der Waals surface area contributed by atoms with Gasteiger partial charge in [0.15, 0.2) is 0 Å². The molecule has 0 unspecified atom stereocenters. The number of carbonyl (C=O) groups is 2. The van der Waals surface area contributed by atoms with Gasteiger partial charge in [0.2, 0.25) is 5.91 Å². The molecule has 0 aliphatic rings. The standard InChI is InChI=1S/C15H16N4O2/c16-12-6-2-1-5-11(12)9-19(10-14(17)20)15(21)13-7-3-4-8-18-13/h1-8H,9-10,16H2,(H2,17,20). The molecule has 0 fully saturated rings. The van der Waals surface area contributed by atoms with E-state index in [0.717, 1.165) is 5.56 Å². The Labute approximate surface area is 122 Å². The van der Waals surface area contributed by atoms with Gasteiger partial charge in [0.05, 0.1) is 0 Å². The smallest absolute Gasteiger partial charge is 0.273 e. The molecule has 1 heterocycles. The van der Waals surface area contributed by atoms with Crippen molar-refractivity contribution in [3.05, 3.63) is 59.9 Å². The third kappa shape index (κ3) is 3.79. The van der Waals surface area contributed by atoms with Gasteiger partial charge < -0.3 is 16.4 Å². The van der Waals surface area contributed by atoms with Gasteiger partial charge in [-0.15, -0.1) is 0 Å². The summed E-state index contributed by atoms with van der Waals surface area (Å²) in [5.41, 5.74) is 12.7. The van der Waals surface area contributed by atoms with Gasteiger partial charge in [-0.25, -0.2) is 0 Å². The van der Waals surface area contributed by atoms with E-state index in [1.165, 1.54) is 11.1 Å². The molecule has 4 N–H and O–H groups in total. The van der Waals surface area contributed by atoms with Crippen molar-refractivity contribution in [3.8, 4) is 0 Å². The summed E-state index contributed by atoms with van der Waals surface area (Å²) in [6.07, 6.45) is 1.52.